The van der Waals surface area contributed by atoms with Gasteiger partial charge in [0, 0.05) is 0 Å². The standard InChI is InChI=1S/C12H25F.CH4/c1-2-3-4-5-6-7-8-9-10-11-12-13;/h2-12H2,1H3;1H4. The summed E-state index contributed by atoms with van der Waals surface area (Å²) >= 11 is 0. The monoisotopic (exact) mass is 204 g/mol. The van der Waals surface area contributed by atoms with E-state index in [-0.39, 0.29) is 14.1 Å². The van der Waals surface area contributed by atoms with Gasteiger partial charge < -0.3 is 0 Å². The average molecular weight is 204 g/mol. The Kier molecular flexibility index (Phi) is 18.0. The van der Waals surface area contributed by atoms with E-state index < -0.39 is 0 Å². The molecule has 0 aromatic heterocycles. The van der Waals surface area contributed by atoms with Crippen LogP contribution in [0.15, 0.2) is 0 Å². The van der Waals surface area contributed by atoms with E-state index in [0.29, 0.717) is 0 Å². The SMILES string of the molecule is C.CCCCCCCCCCCCF. The Bertz CT molecular complexity index is 71.3. The fraction of sp³-hybridized carbons (Fsp3) is 1.00. The maximum atomic E-state index is 11.7. The number of unbranched alkanes of at least 4 members (excludes halogenated alkanes) is 9. The largest absolute Gasteiger partial charge is 0.251 e. The van der Waals surface area contributed by atoms with E-state index in [1.54, 1.807) is 0 Å². The van der Waals surface area contributed by atoms with Gasteiger partial charge >= 0.3 is 0 Å². The lowest BCUT2D eigenvalue weighted by Crippen LogP contribution is -1.82. The number of alkyl halides is 1. The van der Waals surface area contributed by atoms with Crippen LogP contribution < -0.4 is 0 Å². The zero-order valence-electron chi connectivity index (χ0n) is 9.16. The summed E-state index contributed by atoms with van der Waals surface area (Å²) in [7, 11) is 0. The minimum atomic E-state index is -0.128. The number of hydrogen-bond acceptors (Lipinski definition) is 0. The van der Waals surface area contributed by atoms with E-state index in [2.05, 4.69) is 6.92 Å². The van der Waals surface area contributed by atoms with Crippen molar-refractivity contribution in [1.82, 2.24) is 0 Å². The second-order valence-electron chi connectivity index (χ2n) is 3.87. The molecule has 0 atom stereocenters. The lowest BCUT2D eigenvalue weighted by molar-refractivity contribution is 0.449. The molecule has 1 heteroatoms. The first kappa shape index (κ1) is 16.4. The smallest absolute Gasteiger partial charge is 0.0894 e. The first-order chi connectivity index (χ1) is 6.41. The molecule has 0 aliphatic carbocycles. The van der Waals surface area contributed by atoms with Gasteiger partial charge in [-0.3, -0.25) is 4.39 Å². The van der Waals surface area contributed by atoms with Gasteiger partial charge in [0.25, 0.3) is 0 Å². The molecule has 0 spiro atoms. The molecule has 0 aromatic rings. The van der Waals surface area contributed by atoms with Crippen molar-refractivity contribution in [1.29, 1.82) is 0 Å². The summed E-state index contributed by atoms with van der Waals surface area (Å²) in [5.74, 6) is 0. The molecule has 88 valence electrons. The summed E-state index contributed by atoms with van der Waals surface area (Å²) < 4.78 is 11.7. The topological polar surface area (TPSA) is 0 Å². The molecule has 14 heavy (non-hydrogen) atoms. The Balaban J connectivity index is 0. The van der Waals surface area contributed by atoms with Crippen LogP contribution >= 0.6 is 0 Å². The Labute approximate surface area is 90.3 Å². The molecule has 0 amide bonds. The van der Waals surface area contributed by atoms with Crippen LogP contribution in [0.3, 0.4) is 0 Å². The van der Waals surface area contributed by atoms with Gasteiger partial charge in [0.2, 0.25) is 0 Å². The Morgan fingerprint density at radius 2 is 1.00 bits per heavy atom. The van der Waals surface area contributed by atoms with Gasteiger partial charge in [0.15, 0.2) is 0 Å². The van der Waals surface area contributed by atoms with Crippen LogP contribution in [-0.4, -0.2) is 6.67 Å². The lowest BCUT2D eigenvalue weighted by Gasteiger charge is -2.00. The fourth-order valence-electron chi connectivity index (χ4n) is 1.58. The summed E-state index contributed by atoms with van der Waals surface area (Å²) in [5.41, 5.74) is 0. The zero-order valence-corrected chi connectivity index (χ0v) is 9.16. The van der Waals surface area contributed by atoms with Crippen molar-refractivity contribution in [2.45, 2.75) is 78.6 Å². The maximum Gasteiger partial charge on any atom is 0.0894 e. The van der Waals surface area contributed by atoms with Crippen LogP contribution in [0.4, 0.5) is 4.39 Å². The highest BCUT2D eigenvalue weighted by atomic mass is 19.1. The highest BCUT2D eigenvalue weighted by molar-refractivity contribution is 4.46. The van der Waals surface area contributed by atoms with Crippen molar-refractivity contribution in [3.63, 3.8) is 0 Å². The Morgan fingerprint density at radius 3 is 1.36 bits per heavy atom. The third-order valence-electron chi connectivity index (χ3n) is 2.49. The van der Waals surface area contributed by atoms with Crippen molar-refractivity contribution in [3.8, 4) is 0 Å². The van der Waals surface area contributed by atoms with Crippen LogP contribution in [0.5, 0.6) is 0 Å². The molecule has 0 saturated heterocycles. The van der Waals surface area contributed by atoms with Crippen molar-refractivity contribution >= 4 is 0 Å². The second kappa shape index (κ2) is 15.4. The molecule has 0 radical (unpaired) electrons. The van der Waals surface area contributed by atoms with Gasteiger partial charge in [-0.25, -0.2) is 0 Å². The molecular weight excluding hydrogens is 175 g/mol. The van der Waals surface area contributed by atoms with E-state index >= 15 is 0 Å². The quantitative estimate of drug-likeness (QED) is 0.411. The molecule has 0 aliphatic heterocycles. The van der Waals surface area contributed by atoms with E-state index in [0.717, 1.165) is 12.8 Å². The first-order valence-electron chi connectivity index (χ1n) is 5.97. The van der Waals surface area contributed by atoms with Gasteiger partial charge in [0.1, 0.15) is 0 Å². The van der Waals surface area contributed by atoms with Crippen molar-refractivity contribution in [2.75, 3.05) is 6.67 Å². The molecule has 0 bridgehead atoms. The Hall–Kier alpha value is -0.0700. The highest BCUT2D eigenvalue weighted by Gasteiger charge is 1.91. The van der Waals surface area contributed by atoms with Crippen LogP contribution in [0.2, 0.25) is 0 Å². The van der Waals surface area contributed by atoms with E-state index in [9.17, 15) is 4.39 Å². The van der Waals surface area contributed by atoms with Gasteiger partial charge in [0.05, 0.1) is 6.67 Å². The number of hydrogen-bond donors (Lipinski definition) is 0. The molecule has 0 aromatic carbocycles. The van der Waals surface area contributed by atoms with Gasteiger partial charge in [-0.15, -0.1) is 0 Å². The van der Waals surface area contributed by atoms with E-state index in [4.69, 9.17) is 0 Å². The molecule has 0 rings (SSSR count). The maximum absolute atomic E-state index is 11.7. The summed E-state index contributed by atoms with van der Waals surface area (Å²) in [6.45, 7) is 2.12. The highest BCUT2D eigenvalue weighted by Crippen LogP contribution is 2.10. The van der Waals surface area contributed by atoms with Crippen LogP contribution in [0.1, 0.15) is 78.6 Å². The molecular formula is C13H29F. The predicted octanol–water partition coefficient (Wildman–Crippen LogP) is 5.51. The van der Waals surface area contributed by atoms with E-state index in [1.807, 2.05) is 0 Å². The third-order valence-corrected chi connectivity index (χ3v) is 2.49. The van der Waals surface area contributed by atoms with E-state index in [1.165, 1.54) is 51.4 Å². The number of rotatable bonds is 10. The summed E-state index contributed by atoms with van der Waals surface area (Å²) in [5, 5.41) is 0. The summed E-state index contributed by atoms with van der Waals surface area (Å²) in [4.78, 5) is 0. The lowest BCUT2D eigenvalue weighted by atomic mass is 10.1. The second-order valence-corrected chi connectivity index (χ2v) is 3.87. The molecule has 0 nitrogen and oxygen atoms in total. The van der Waals surface area contributed by atoms with Crippen molar-refractivity contribution in [2.24, 2.45) is 0 Å². The predicted molar refractivity (Wildman–Crippen MR) is 64.6 cm³/mol. The summed E-state index contributed by atoms with van der Waals surface area (Å²) in [6.07, 6.45) is 12.7. The average Bonchev–Trinajstić information content (AvgIpc) is 2.16. The van der Waals surface area contributed by atoms with Crippen molar-refractivity contribution in [3.05, 3.63) is 0 Å². The molecule has 0 N–H and O–H groups in total. The van der Waals surface area contributed by atoms with Gasteiger partial charge in [-0.1, -0.05) is 72.1 Å². The summed E-state index contributed by atoms with van der Waals surface area (Å²) in [6, 6.07) is 0. The fourth-order valence-corrected chi connectivity index (χ4v) is 1.58. The van der Waals surface area contributed by atoms with Gasteiger partial charge in [-0.2, -0.15) is 0 Å². The minimum Gasteiger partial charge on any atom is -0.251 e. The Morgan fingerprint density at radius 1 is 0.643 bits per heavy atom. The van der Waals surface area contributed by atoms with Crippen molar-refractivity contribution < 1.29 is 4.39 Å². The van der Waals surface area contributed by atoms with Crippen LogP contribution in [0.25, 0.3) is 0 Å². The molecule has 0 saturated carbocycles. The van der Waals surface area contributed by atoms with Crippen LogP contribution in [-0.2, 0) is 0 Å². The first-order valence-corrected chi connectivity index (χ1v) is 5.97. The molecule has 0 fully saturated rings. The minimum absolute atomic E-state index is 0. The van der Waals surface area contributed by atoms with Crippen LogP contribution in [0, 0.1) is 0 Å². The third kappa shape index (κ3) is 14.5. The molecule has 0 aliphatic rings. The molecule has 0 heterocycles. The normalized spacial score (nSPS) is 9.86. The van der Waals surface area contributed by atoms with Gasteiger partial charge in [-0.05, 0) is 6.42 Å². The number of halogens is 1. The molecule has 0 unspecified atom stereocenters. The zero-order chi connectivity index (χ0) is 9.78.